The van der Waals surface area contributed by atoms with Crippen LogP contribution in [0.1, 0.15) is 22.9 Å². The molecule has 0 bridgehead atoms. The van der Waals surface area contributed by atoms with Crippen LogP contribution in [-0.4, -0.2) is 10.3 Å². The first-order valence-electron chi connectivity index (χ1n) is 14.7. The second kappa shape index (κ2) is 10.6. The van der Waals surface area contributed by atoms with Crippen LogP contribution >= 0.6 is 0 Å². The topological polar surface area (TPSA) is 29.3 Å². The van der Waals surface area contributed by atoms with Crippen molar-refractivity contribution in [3.05, 3.63) is 180 Å². The van der Waals surface area contributed by atoms with Gasteiger partial charge in [0.1, 0.15) is 6.17 Å². The highest BCUT2D eigenvalue weighted by Gasteiger charge is 2.20. The zero-order valence-corrected chi connectivity index (χ0v) is 23.6. The van der Waals surface area contributed by atoms with Crippen LogP contribution in [0.25, 0.3) is 44.3 Å². The van der Waals surface area contributed by atoms with Gasteiger partial charge in [0.15, 0.2) is 0 Å². The zero-order chi connectivity index (χ0) is 28.6. The predicted molar refractivity (Wildman–Crippen MR) is 179 cm³/mol. The van der Waals surface area contributed by atoms with Gasteiger partial charge in [0, 0.05) is 22.2 Å². The molecular weight excluding hydrogens is 522 g/mol. The Morgan fingerprint density at radius 1 is 0.465 bits per heavy atom. The number of rotatable bonds is 5. The van der Waals surface area contributed by atoms with E-state index in [9.17, 15) is 0 Å². The summed E-state index contributed by atoms with van der Waals surface area (Å²) in [5.74, 6) is 0. The lowest BCUT2D eigenvalue weighted by Gasteiger charge is -2.25. The number of hydrogen-bond acceptors (Lipinski definition) is 2. The molecule has 0 amide bonds. The van der Waals surface area contributed by atoms with Gasteiger partial charge in [-0.15, -0.1) is 0 Å². The Labute approximate surface area is 251 Å². The lowest BCUT2D eigenvalue weighted by atomic mass is 9.99. The Morgan fingerprint density at radius 2 is 0.977 bits per heavy atom. The van der Waals surface area contributed by atoms with Crippen LogP contribution in [-0.2, 0) is 0 Å². The van der Waals surface area contributed by atoms with Crippen molar-refractivity contribution in [3.63, 3.8) is 0 Å². The molecule has 3 nitrogen and oxygen atoms in total. The van der Waals surface area contributed by atoms with Crippen LogP contribution in [0.3, 0.4) is 0 Å². The normalized spacial score (nSPS) is 14.7. The molecule has 2 heterocycles. The van der Waals surface area contributed by atoms with E-state index in [2.05, 4.69) is 168 Å². The van der Waals surface area contributed by atoms with E-state index in [0.29, 0.717) is 0 Å². The summed E-state index contributed by atoms with van der Waals surface area (Å²) in [6.45, 7) is 0. The third kappa shape index (κ3) is 4.61. The smallest absolute Gasteiger partial charge is 0.145 e. The third-order valence-electron chi connectivity index (χ3n) is 8.26. The molecule has 0 saturated carbocycles. The molecule has 8 rings (SSSR count). The standard InChI is InChI=1S/C40H29N3/c1-3-11-28(12-4-1)29-19-21-30(22-20-29)36-27-37(42-40(41-36)32-13-5-2-6-14-32)31-23-25-33(26-24-31)43-38-17-9-7-15-34(38)35-16-8-10-18-39(35)43/h1-27,40-41H. The lowest BCUT2D eigenvalue weighted by molar-refractivity contribution is 0.664. The van der Waals surface area contributed by atoms with Crippen molar-refractivity contribution in [2.75, 3.05) is 0 Å². The minimum atomic E-state index is -0.179. The number of aromatic nitrogens is 1. The Kier molecular flexibility index (Phi) is 6.20. The average Bonchev–Trinajstić information content (AvgIpc) is 3.43. The van der Waals surface area contributed by atoms with E-state index in [4.69, 9.17) is 4.99 Å². The SMILES string of the molecule is C1=C(c2ccc(-c3ccccc3)cc2)NC(c2ccccc2)N=C1c1ccc(-n2c3ccccc3c3ccccc32)cc1. The average molecular weight is 552 g/mol. The molecule has 1 aliphatic heterocycles. The summed E-state index contributed by atoms with van der Waals surface area (Å²) >= 11 is 0. The molecule has 7 aromatic rings. The van der Waals surface area contributed by atoms with Crippen LogP contribution in [0.15, 0.2) is 169 Å². The number of hydrogen-bond donors (Lipinski definition) is 1. The van der Waals surface area contributed by atoms with E-state index >= 15 is 0 Å². The quantitative estimate of drug-likeness (QED) is 0.227. The molecule has 1 atom stereocenters. The second-order valence-corrected chi connectivity index (χ2v) is 10.9. The molecule has 43 heavy (non-hydrogen) atoms. The van der Waals surface area contributed by atoms with Gasteiger partial charge >= 0.3 is 0 Å². The molecule has 0 fully saturated rings. The van der Waals surface area contributed by atoms with Gasteiger partial charge in [0.2, 0.25) is 0 Å². The Balaban J connectivity index is 1.18. The largest absolute Gasteiger partial charge is 0.360 e. The maximum Gasteiger partial charge on any atom is 0.145 e. The van der Waals surface area contributed by atoms with Crippen LogP contribution in [0.5, 0.6) is 0 Å². The molecule has 0 radical (unpaired) electrons. The highest BCUT2D eigenvalue weighted by atomic mass is 15.1. The Hall–Kier alpha value is -5.67. The fourth-order valence-corrected chi connectivity index (χ4v) is 6.11. The van der Waals surface area contributed by atoms with Gasteiger partial charge in [-0.05, 0) is 58.2 Å². The number of nitrogens with zero attached hydrogens (tertiary/aromatic N) is 2. The van der Waals surface area contributed by atoms with Gasteiger partial charge in [-0.3, -0.25) is 4.99 Å². The van der Waals surface area contributed by atoms with Gasteiger partial charge in [-0.1, -0.05) is 133 Å². The molecule has 1 aromatic heterocycles. The maximum atomic E-state index is 5.18. The van der Waals surface area contributed by atoms with Gasteiger partial charge in [-0.2, -0.15) is 0 Å². The molecule has 3 heteroatoms. The minimum absolute atomic E-state index is 0.179. The highest BCUT2D eigenvalue weighted by Crippen LogP contribution is 2.33. The summed E-state index contributed by atoms with van der Waals surface area (Å²) in [5, 5.41) is 6.22. The summed E-state index contributed by atoms with van der Waals surface area (Å²) in [6, 6.07) is 55.7. The molecule has 1 unspecified atom stereocenters. The van der Waals surface area contributed by atoms with Gasteiger partial charge < -0.3 is 9.88 Å². The third-order valence-corrected chi connectivity index (χ3v) is 8.26. The van der Waals surface area contributed by atoms with Crippen molar-refractivity contribution in [2.45, 2.75) is 6.17 Å². The number of allylic oxidation sites excluding steroid dienone is 1. The molecule has 0 saturated heterocycles. The highest BCUT2D eigenvalue weighted by molar-refractivity contribution is 6.13. The summed E-state index contributed by atoms with van der Waals surface area (Å²) in [7, 11) is 0. The van der Waals surface area contributed by atoms with E-state index < -0.39 is 0 Å². The predicted octanol–water partition coefficient (Wildman–Crippen LogP) is 9.58. The van der Waals surface area contributed by atoms with Gasteiger partial charge in [-0.25, -0.2) is 0 Å². The molecule has 0 aliphatic carbocycles. The van der Waals surface area contributed by atoms with Crippen LogP contribution < -0.4 is 5.32 Å². The van der Waals surface area contributed by atoms with Crippen molar-refractivity contribution < 1.29 is 0 Å². The molecule has 6 aromatic carbocycles. The van der Waals surface area contributed by atoms with E-state index in [1.165, 1.54) is 32.9 Å². The van der Waals surface area contributed by atoms with Crippen LogP contribution in [0, 0.1) is 0 Å². The number of fused-ring (bicyclic) bond motifs is 3. The monoisotopic (exact) mass is 551 g/mol. The molecule has 204 valence electrons. The summed E-state index contributed by atoms with van der Waals surface area (Å²) in [5.41, 5.74) is 11.3. The molecule has 1 N–H and O–H groups in total. The number of para-hydroxylation sites is 2. The van der Waals surface area contributed by atoms with Gasteiger partial charge in [0.25, 0.3) is 0 Å². The zero-order valence-electron chi connectivity index (χ0n) is 23.6. The fraction of sp³-hybridized carbons (Fsp3) is 0.0250. The Bertz CT molecular complexity index is 2070. The first-order valence-corrected chi connectivity index (χ1v) is 14.7. The van der Waals surface area contributed by atoms with E-state index in [1.54, 1.807) is 0 Å². The number of benzene rings is 6. The second-order valence-electron chi connectivity index (χ2n) is 10.9. The van der Waals surface area contributed by atoms with Crippen molar-refractivity contribution in [1.82, 2.24) is 9.88 Å². The first kappa shape index (κ1) is 25.1. The summed E-state index contributed by atoms with van der Waals surface area (Å²) in [6.07, 6.45) is 1.99. The maximum absolute atomic E-state index is 5.18. The van der Waals surface area contributed by atoms with Crippen molar-refractivity contribution in [2.24, 2.45) is 4.99 Å². The lowest BCUT2D eigenvalue weighted by Crippen LogP contribution is -2.24. The minimum Gasteiger partial charge on any atom is -0.360 e. The van der Waals surface area contributed by atoms with E-state index in [-0.39, 0.29) is 6.17 Å². The van der Waals surface area contributed by atoms with E-state index in [1.807, 2.05) is 6.07 Å². The van der Waals surface area contributed by atoms with Crippen molar-refractivity contribution in [3.8, 4) is 16.8 Å². The fourth-order valence-electron chi connectivity index (χ4n) is 6.11. The molecule has 0 spiro atoms. The number of aliphatic imine (C=N–C) groups is 1. The van der Waals surface area contributed by atoms with Crippen LogP contribution in [0.2, 0.25) is 0 Å². The first-order chi connectivity index (χ1) is 21.3. The number of nitrogens with one attached hydrogen (secondary N) is 1. The van der Waals surface area contributed by atoms with Crippen molar-refractivity contribution in [1.29, 1.82) is 0 Å². The Morgan fingerprint density at radius 3 is 1.63 bits per heavy atom. The molecule has 1 aliphatic rings. The van der Waals surface area contributed by atoms with E-state index in [0.717, 1.165) is 33.8 Å². The summed E-state index contributed by atoms with van der Waals surface area (Å²) in [4.78, 5) is 5.18. The summed E-state index contributed by atoms with van der Waals surface area (Å²) < 4.78 is 2.35. The van der Waals surface area contributed by atoms with Gasteiger partial charge in [0.05, 0.1) is 16.7 Å². The molecular formula is C40H29N3. The van der Waals surface area contributed by atoms with Crippen LogP contribution in [0.4, 0.5) is 0 Å². The van der Waals surface area contributed by atoms with Crippen molar-refractivity contribution >= 4 is 33.2 Å².